The molecular formula is C21H25N5O3. The number of para-hydroxylation sites is 1. The van der Waals surface area contributed by atoms with Crippen LogP contribution in [0, 0.1) is 5.92 Å². The lowest BCUT2D eigenvalue weighted by molar-refractivity contribution is -0.124. The maximum Gasteiger partial charge on any atom is 0.255 e. The molecular weight excluding hydrogens is 370 g/mol. The van der Waals surface area contributed by atoms with Gasteiger partial charge in [0.15, 0.2) is 11.5 Å². The number of nitrogens with zero attached hydrogens (tertiary/aromatic N) is 3. The molecule has 1 unspecified atom stereocenters. The maximum absolute atomic E-state index is 12.8. The van der Waals surface area contributed by atoms with Crippen LogP contribution in [0.1, 0.15) is 37.0 Å². The van der Waals surface area contributed by atoms with Gasteiger partial charge in [-0.2, -0.15) is 0 Å². The van der Waals surface area contributed by atoms with Gasteiger partial charge in [0.1, 0.15) is 11.8 Å². The topological polar surface area (TPSA) is 97.6 Å². The molecule has 0 radical (unpaired) electrons. The molecule has 1 aromatic carbocycles. The standard InChI is InChI=1S/C21H25N5O3/c1-4-29-16-10-6-5-9-15(16)20(27)23-19(14(2)3)21(28)22-13-18-25-24-17-11-7-8-12-26(17)18/h5-12,14,19H,4,13H2,1-3H3,(H,22,28)(H,23,27). The van der Waals surface area contributed by atoms with Gasteiger partial charge < -0.3 is 15.4 Å². The zero-order valence-electron chi connectivity index (χ0n) is 16.8. The van der Waals surface area contributed by atoms with Crippen molar-refractivity contribution >= 4 is 17.5 Å². The fourth-order valence-electron chi connectivity index (χ4n) is 2.98. The van der Waals surface area contributed by atoms with Gasteiger partial charge in [-0.15, -0.1) is 10.2 Å². The average molecular weight is 395 g/mol. The minimum absolute atomic E-state index is 0.103. The highest BCUT2D eigenvalue weighted by Gasteiger charge is 2.26. The number of aromatic nitrogens is 3. The fraction of sp³-hybridized carbons (Fsp3) is 0.333. The summed E-state index contributed by atoms with van der Waals surface area (Å²) in [5.74, 6) is 0.369. The lowest BCUT2D eigenvalue weighted by atomic mass is 10.0. The number of nitrogens with one attached hydrogen (secondary N) is 2. The van der Waals surface area contributed by atoms with Crippen LogP contribution < -0.4 is 15.4 Å². The quantitative estimate of drug-likeness (QED) is 0.609. The molecule has 2 amide bonds. The summed E-state index contributed by atoms with van der Waals surface area (Å²) < 4.78 is 7.33. The largest absolute Gasteiger partial charge is 0.493 e. The van der Waals surface area contributed by atoms with Crippen LogP contribution >= 0.6 is 0 Å². The number of rotatable bonds is 8. The number of ether oxygens (including phenoxy) is 1. The third kappa shape index (κ3) is 4.71. The molecule has 1 atom stereocenters. The van der Waals surface area contributed by atoms with Crippen molar-refractivity contribution in [2.45, 2.75) is 33.4 Å². The molecule has 29 heavy (non-hydrogen) atoms. The first-order chi connectivity index (χ1) is 14.0. The predicted molar refractivity (Wildman–Crippen MR) is 109 cm³/mol. The van der Waals surface area contributed by atoms with Crippen LogP contribution in [0.5, 0.6) is 5.75 Å². The smallest absolute Gasteiger partial charge is 0.255 e. The monoisotopic (exact) mass is 395 g/mol. The number of hydrogen-bond donors (Lipinski definition) is 2. The van der Waals surface area contributed by atoms with Crippen molar-refractivity contribution in [3.8, 4) is 5.75 Å². The van der Waals surface area contributed by atoms with Crippen molar-refractivity contribution in [3.63, 3.8) is 0 Å². The second-order valence-corrected chi connectivity index (χ2v) is 6.89. The van der Waals surface area contributed by atoms with E-state index in [9.17, 15) is 9.59 Å². The second kappa shape index (κ2) is 9.18. The molecule has 0 spiro atoms. The third-order valence-electron chi connectivity index (χ3n) is 4.47. The van der Waals surface area contributed by atoms with Crippen molar-refractivity contribution in [1.29, 1.82) is 0 Å². The molecule has 2 heterocycles. The van der Waals surface area contributed by atoms with Gasteiger partial charge in [-0.25, -0.2) is 0 Å². The minimum atomic E-state index is -0.698. The zero-order chi connectivity index (χ0) is 20.8. The summed E-state index contributed by atoms with van der Waals surface area (Å²) in [5.41, 5.74) is 1.11. The number of pyridine rings is 1. The number of benzene rings is 1. The van der Waals surface area contributed by atoms with Crippen LogP contribution in [-0.4, -0.2) is 39.1 Å². The average Bonchev–Trinajstić information content (AvgIpc) is 3.13. The summed E-state index contributed by atoms with van der Waals surface area (Å²) in [6.07, 6.45) is 1.84. The number of amides is 2. The molecule has 3 aromatic rings. The van der Waals surface area contributed by atoms with Crippen molar-refractivity contribution in [1.82, 2.24) is 25.2 Å². The van der Waals surface area contributed by atoms with Gasteiger partial charge in [0.2, 0.25) is 5.91 Å². The first-order valence-corrected chi connectivity index (χ1v) is 9.60. The van der Waals surface area contributed by atoms with E-state index in [1.807, 2.05) is 49.6 Å². The molecule has 0 bridgehead atoms. The van der Waals surface area contributed by atoms with Crippen LogP contribution in [0.25, 0.3) is 5.65 Å². The maximum atomic E-state index is 12.8. The highest BCUT2D eigenvalue weighted by molar-refractivity contribution is 5.99. The van der Waals surface area contributed by atoms with Crippen LogP contribution in [0.2, 0.25) is 0 Å². The van der Waals surface area contributed by atoms with Gasteiger partial charge in [0.25, 0.3) is 5.91 Å². The molecule has 2 aromatic heterocycles. The molecule has 0 fully saturated rings. The van der Waals surface area contributed by atoms with E-state index >= 15 is 0 Å². The van der Waals surface area contributed by atoms with Crippen molar-refractivity contribution in [2.75, 3.05) is 6.61 Å². The van der Waals surface area contributed by atoms with E-state index in [1.165, 1.54) is 0 Å². The Morgan fingerprint density at radius 3 is 2.62 bits per heavy atom. The van der Waals surface area contributed by atoms with E-state index in [2.05, 4.69) is 20.8 Å². The van der Waals surface area contributed by atoms with Crippen molar-refractivity contribution in [2.24, 2.45) is 5.92 Å². The Balaban J connectivity index is 1.69. The summed E-state index contributed by atoms with van der Waals surface area (Å²) in [6.45, 7) is 6.27. The van der Waals surface area contributed by atoms with E-state index in [0.29, 0.717) is 29.4 Å². The molecule has 0 saturated carbocycles. The highest BCUT2D eigenvalue weighted by atomic mass is 16.5. The highest BCUT2D eigenvalue weighted by Crippen LogP contribution is 2.18. The first kappa shape index (κ1) is 20.3. The Hall–Kier alpha value is -3.42. The van der Waals surface area contributed by atoms with Crippen LogP contribution in [0.3, 0.4) is 0 Å². The number of carbonyl (C=O) groups is 2. The van der Waals surface area contributed by atoms with Gasteiger partial charge in [-0.05, 0) is 37.1 Å². The Morgan fingerprint density at radius 1 is 1.10 bits per heavy atom. The normalized spacial score (nSPS) is 12.0. The summed E-state index contributed by atoms with van der Waals surface area (Å²) in [4.78, 5) is 25.5. The number of fused-ring (bicyclic) bond motifs is 1. The summed E-state index contributed by atoms with van der Waals surface area (Å²) >= 11 is 0. The van der Waals surface area contributed by atoms with Crippen LogP contribution in [0.4, 0.5) is 0 Å². The molecule has 2 N–H and O–H groups in total. The number of hydrogen-bond acceptors (Lipinski definition) is 5. The first-order valence-electron chi connectivity index (χ1n) is 9.60. The second-order valence-electron chi connectivity index (χ2n) is 6.89. The van der Waals surface area contributed by atoms with Gasteiger partial charge in [-0.3, -0.25) is 14.0 Å². The molecule has 0 saturated heterocycles. The SMILES string of the molecule is CCOc1ccccc1C(=O)NC(C(=O)NCc1nnc2ccccn12)C(C)C. The third-order valence-corrected chi connectivity index (χ3v) is 4.47. The fourth-order valence-corrected chi connectivity index (χ4v) is 2.98. The Morgan fingerprint density at radius 2 is 1.86 bits per heavy atom. The summed E-state index contributed by atoms with van der Waals surface area (Å²) in [5, 5.41) is 13.8. The van der Waals surface area contributed by atoms with E-state index in [1.54, 1.807) is 24.3 Å². The van der Waals surface area contributed by atoms with E-state index < -0.39 is 6.04 Å². The van der Waals surface area contributed by atoms with Gasteiger partial charge in [0, 0.05) is 6.20 Å². The summed E-state index contributed by atoms with van der Waals surface area (Å²) in [6, 6.07) is 11.9. The minimum Gasteiger partial charge on any atom is -0.493 e. The molecule has 8 heteroatoms. The Kier molecular flexibility index (Phi) is 6.43. The predicted octanol–water partition coefficient (Wildman–Crippen LogP) is 2.20. The lowest BCUT2D eigenvalue weighted by Gasteiger charge is -2.22. The van der Waals surface area contributed by atoms with Crippen molar-refractivity contribution in [3.05, 3.63) is 60.0 Å². The van der Waals surface area contributed by atoms with E-state index in [0.717, 1.165) is 0 Å². The Labute approximate surface area is 169 Å². The molecule has 0 aliphatic carbocycles. The summed E-state index contributed by atoms with van der Waals surface area (Å²) in [7, 11) is 0. The van der Waals surface area contributed by atoms with Crippen LogP contribution in [-0.2, 0) is 11.3 Å². The molecule has 8 nitrogen and oxygen atoms in total. The van der Waals surface area contributed by atoms with E-state index in [4.69, 9.17) is 4.74 Å². The van der Waals surface area contributed by atoms with Crippen molar-refractivity contribution < 1.29 is 14.3 Å². The Bertz CT molecular complexity index is 999. The molecule has 0 aliphatic rings. The van der Waals surface area contributed by atoms with Crippen LogP contribution in [0.15, 0.2) is 48.7 Å². The van der Waals surface area contributed by atoms with E-state index in [-0.39, 0.29) is 24.3 Å². The molecule has 3 rings (SSSR count). The van der Waals surface area contributed by atoms with Gasteiger partial charge >= 0.3 is 0 Å². The lowest BCUT2D eigenvalue weighted by Crippen LogP contribution is -2.49. The molecule has 0 aliphatic heterocycles. The van der Waals surface area contributed by atoms with Gasteiger partial charge in [0.05, 0.1) is 18.7 Å². The molecule has 152 valence electrons. The zero-order valence-corrected chi connectivity index (χ0v) is 16.8. The van der Waals surface area contributed by atoms with Gasteiger partial charge in [-0.1, -0.05) is 32.0 Å². The number of carbonyl (C=O) groups excluding carboxylic acids is 2.